The van der Waals surface area contributed by atoms with Crippen LogP contribution in [0.3, 0.4) is 0 Å². The fourth-order valence-corrected chi connectivity index (χ4v) is 2.15. The third kappa shape index (κ3) is 3.86. The number of rotatable bonds is 6. The summed E-state index contributed by atoms with van der Waals surface area (Å²) >= 11 is 0. The number of aromatic carboxylic acids is 1. The highest BCUT2D eigenvalue weighted by Gasteiger charge is 2.20. The summed E-state index contributed by atoms with van der Waals surface area (Å²) in [5, 5.41) is 24.7. The third-order valence-corrected chi connectivity index (χ3v) is 3.29. The maximum Gasteiger partial charge on any atom is 0.340 e. The largest absolute Gasteiger partial charge is 0.872 e. The van der Waals surface area contributed by atoms with Crippen molar-refractivity contribution in [3.05, 3.63) is 53.1 Å². The number of hydrazone groups is 1. The highest BCUT2D eigenvalue weighted by molar-refractivity contribution is 6.02. The lowest BCUT2D eigenvalue weighted by atomic mass is 10.1. The van der Waals surface area contributed by atoms with Crippen molar-refractivity contribution in [1.82, 2.24) is 5.43 Å². The lowest BCUT2D eigenvalue weighted by Gasteiger charge is -2.12. The molecule has 0 fully saturated rings. The zero-order valence-electron chi connectivity index (χ0n) is 13.5. The number of amides is 1. The number of nitrogens with zero attached hydrogens (tertiary/aromatic N) is 1. The summed E-state index contributed by atoms with van der Waals surface area (Å²) in [5.41, 5.74) is 2.15. The Morgan fingerprint density at radius 3 is 2.48 bits per heavy atom. The number of carbonyl (C=O) groups is 2. The van der Waals surface area contributed by atoms with Crippen LogP contribution in [-0.2, 0) is 0 Å². The molecule has 0 aliphatic heterocycles. The van der Waals surface area contributed by atoms with E-state index in [1.54, 1.807) is 6.07 Å². The number of ether oxygens (including phenoxy) is 2. The van der Waals surface area contributed by atoms with Gasteiger partial charge in [0.1, 0.15) is 5.56 Å². The Kier molecular flexibility index (Phi) is 5.57. The van der Waals surface area contributed by atoms with E-state index in [2.05, 4.69) is 10.5 Å². The van der Waals surface area contributed by atoms with Crippen molar-refractivity contribution >= 4 is 18.1 Å². The van der Waals surface area contributed by atoms with E-state index in [-0.39, 0.29) is 28.2 Å². The zero-order chi connectivity index (χ0) is 18.4. The van der Waals surface area contributed by atoms with Gasteiger partial charge < -0.3 is 19.7 Å². The Morgan fingerprint density at radius 2 is 1.88 bits per heavy atom. The van der Waals surface area contributed by atoms with Crippen LogP contribution in [0.1, 0.15) is 26.3 Å². The lowest BCUT2D eigenvalue weighted by Crippen LogP contribution is -2.19. The van der Waals surface area contributed by atoms with Crippen LogP contribution in [0.15, 0.2) is 41.5 Å². The summed E-state index contributed by atoms with van der Waals surface area (Å²) < 4.78 is 10.1. The molecule has 0 aromatic heterocycles. The number of hydrogen-bond donors (Lipinski definition) is 2. The summed E-state index contributed by atoms with van der Waals surface area (Å²) in [6.07, 6.45) is 1.15. The molecule has 2 aromatic carbocycles. The predicted molar refractivity (Wildman–Crippen MR) is 87.5 cm³/mol. The highest BCUT2D eigenvalue weighted by Crippen LogP contribution is 2.32. The summed E-state index contributed by atoms with van der Waals surface area (Å²) in [5.74, 6) is -2.09. The average Bonchev–Trinajstić information content (AvgIpc) is 2.60. The molecule has 2 rings (SSSR count). The number of methoxy groups -OCH3 is 2. The SMILES string of the molecule is COc1ccc(/C=N\NC(=O)c2ccccc2[O-])c(C(=O)O)c1OC. The van der Waals surface area contributed by atoms with E-state index in [1.807, 2.05) is 0 Å². The Morgan fingerprint density at radius 1 is 1.16 bits per heavy atom. The van der Waals surface area contributed by atoms with Crippen LogP contribution < -0.4 is 20.0 Å². The molecule has 0 aliphatic rings. The normalized spacial score (nSPS) is 10.5. The van der Waals surface area contributed by atoms with Crippen molar-refractivity contribution in [3.8, 4) is 17.2 Å². The van der Waals surface area contributed by atoms with Gasteiger partial charge in [0, 0.05) is 11.1 Å². The van der Waals surface area contributed by atoms with Crippen LogP contribution in [-0.4, -0.2) is 37.4 Å². The Bertz CT molecular complexity index is 832. The van der Waals surface area contributed by atoms with E-state index in [0.717, 1.165) is 6.21 Å². The number of hydrogen-bond acceptors (Lipinski definition) is 6. The molecule has 8 nitrogen and oxygen atoms in total. The number of nitrogens with one attached hydrogen (secondary N) is 1. The van der Waals surface area contributed by atoms with E-state index in [9.17, 15) is 19.8 Å². The maximum absolute atomic E-state index is 11.9. The van der Waals surface area contributed by atoms with Gasteiger partial charge in [0.15, 0.2) is 11.5 Å². The number of carboxylic acids is 1. The van der Waals surface area contributed by atoms with Crippen LogP contribution in [0.2, 0.25) is 0 Å². The van der Waals surface area contributed by atoms with Gasteiger partial charge in [0.25, 0.3) is 5.91 Å². The number of benzene rings is 2. The number of para-hydroxylation sites is 1. The van der Waals surface area contributed by atoms with Gasteiger partial charge in [-0.3, -0.25) is 4.79 Å². The molecular weight excluding hydrogens is 328 g/mol. The van der Waals surface area contributed by atoms with Crippen molar-refractivity contribution < 1.29 is 29.3 Å². The molecule has 2 N–H and O–H groups in total. The molecule has 130 valence electrons. The van der Waals surface area contributed by atoms with E-state index < -0.39 is 17.6 Å². The zero-order valence-corrected chi connectivity index (χ0v) is 13.5. The van der Waals surface area contributed by atoms with Gasteiger partial charge >= 0.3 is 5.97 Å². The first-order valence-electron chi connectivity index (χ1n) is 7.07. The molecule has 0 aliphatic carbocycles. The molecular formula is C17H15N2O6-. The second-order valence-electron chi connectivity index (χ2n) is 4.77. The van der Waals surface area contributed by atoms with Crippen molar-refractivity contribution in [2.75, 3.05) is 14.2 Å². The average molecular weight is 343 g/mol. The number of carboxylic acid groups (broad SMARTS) is 1. The first-order valence-corrected chi connectivity index (χ1v) is 7.07. The molecule has 0 saturated carbocycles. The number of carbonyl (C=O) groups excluding carboxylic acids is 1. The van der Waals surface area contributed by atoms with Gasteiger partial charge in [-0.25, -0.2) is 10.2 Å². The Labute approximate surface area is 143 Å². The van der Waals surface area contributed by atoms with Gasteiger partial charge in [0.2, 0.25) is 0 Å². The predicted octanol–water partition coefficient (Wildman–Crippen LogP) is 1.24. The topological polar surface area (TPSA) is 120 Å². The minimum Gasteiger partial charge on any atom is -0.872 e. The third-order valence-electron chi connectivity index (χ3n) is 3.29. The molecule has 0 atom stereocenters. The molecule has 0 heterocycles. The molecule has 0 saturated heterocycles. The molecule has 0 unspecified atom stereocenters. The van der Waals surface area contributed by atoms with E-state index in [4.69, 9.17) is 9.47 Å². The van der Waals surface area contributed by atoms with Crippen LogP contribution >= 0.6 is 0 Å². The first-order chi connectivity index (χ1) is 12.0. The van der Waals surface area contributed by atoms with Crippen molar-refractivity contribution in [1.29, 1.82) is 0 Å². The van der Waals surface area contributed by atoms with Crippen LogP contribution in [0.4, 0.5) is 0 Å². The van der Waals surface area contributed by atoms with Crippen molar-refractivity contribution in [2.45, 2.75) is 0 Å². The summed E-state index contributed by atoms with van der Waals surface area (Å²) in [7, 11) is 2.70. The quantitative estimate of drug-likeness (QED) is 0.601. The van der Waals surface area contributed by atoms with Gasteiger partial charge in [-0.05, 0) is 12.1 Å². The highest BCUT2D eigenvalue weighted by atomic mass is 16.5. The molecule has 0 bridgehead atoms. The molecule has 8 heteroatoms. The monoisotopic (exact) mass is 343 g/mol. The summed E-state index contributed by atoms with van der Waals surface area (Å²) in [4.78, 5) is 23.4. The van der Waals surface area contributed by atoms with Gasteiger partial charge in [0.05, 0.1) is 20.4 Å². The van der Waals surface area contributed by atoms with Gasteiger partial charge in [-0.1, -0.05) is 30.0 Å². The minimum absolute atomic E-state index is 0.0372. The maximum atomic E-state index is 11.9. The minimum atomic E-state index is -1.24. The molecule has 1 amide bonds. The lowest BCUT2D eigenvalue weighted by molar-refractivity contribution is -0.268. The molecule has 0 spiro atoms. The fourth-order valence-electron chi connectivity index (χ4n) is 2.15. The second kappa shape index (κ2) is 7.82. The standard InChI is InChI=1S/C17H16N2O6/c1-24-13-8-7-10(14(17(22)23)15(13)25-2)9-18-19-16(21)11-5-3-4-6-12(11)20/h3-9,20H,1-2H3,(H,19,21)(H,22,23)/p-1/b18-9-. The Balaban J connectivity index is 2.28. The second-order valence-corrected chi connectivity index (χ2v) is 4.77. The van der Waals surface area contributed by atoms with Crippen molar-refractivity contribution in [3.63, 3.8) is 0 Å². The van der Waals surface area contributed by atoms with Crippen molar-refractivity contribution in [2.24, 2.45) is 5.10 Å². The van der Waals surface area contributed by atoms with E-state index in [1.165, 1.54) is 44.6 Å². The molecule has 25 heavy (non-hydrogen) atoms. The smallest absolute Gasteiger partial charge is 0.340 e. The van der Waals surface area contributed by atoms with Gasteiger partial charge in [-0.15, -0.1) is 0 Å². The van der Waals surface area contributed by atoms with Gasteiger partial charge in [-0.2, -0.15) is 5.10 Å². The van der Waals surface area contributed by atoms with Crippen LogP contribution in [0, 0.1) is 0 Å². The Hall–Kier alpha value is -3.55. The fraction of sp³-hybridized carbons (Fsp3) is 0.118. The van der Waals surface area contributed by atoms with E-state index >= 15 is 0 Å². The van der Waals surface area contributed by atoms with Crippen LogP contribution in [0.25, 0.3) is 0 Å². The van der Waals surface area contributed by atoms with Crippen LogP contribution in [0.5, 0.6) is 17.2 Å². The van der Waals surface area contributed by atoms with E-state index in [0.29, 0.717) is 0 Å². The molecule has 2 aromatic rings. The molecule has 0 radical (unpaired) electrons. The first kappa shape index (κ1) is 17.8. The summed E-state index contributed by atoms with van der Waals surface area (Å²) in [6, 6.07) is 8.67. The summed E-state index contributed by atoms with van der Waals surface area (Å²) in [6.45, 7) is 0.